The van der Waals surface area contributed by atoms with Gasteiger partial charge in [0.15, 0.2) is 4.34 Å². The molecule has 1 N–H and O–H groups in total. The van der Waals surface area contributed by atoms with E-state index in [1.54, 1.807) is 36.0 Å². The Morgan fingerprint density at radius 1 is 1.18 bits per heavy atom. The number of amides is 1. The van der Waals surface area contributed by atoms with Crippen LogP contribution < -0.4 is 10.1 Å². The fraction of sp³-hybridized carbons (Fsp3) is 0.250. The minimum Gasteiger partial charge on any atom is -0.489 e. The Kier molecular flexibility index (Phi) is 7.30. The zero-order chi connectivity index (χ0) is 19.9. The van der Waals surface area contributed by atoms with Crippen molar-refractivity contribution in [1.29, 1.82) is 0 Å². The van der Waals surface area contributed by atoms with Gasteiger partial charge in [0.2, 0.25) is 5.13 Å². The predicted molar refractivity (Wildman–Crippen MR) is 116 cm³/mol. The molecular formula is C20H20ClN3O2S2. The number of aromatic nitrogens is 2. The summed E-state index contributed by atoms with van der Waals surface area (Å²) in [6.07, 6.45) is 0. The Morgan fingerprint density at radius 2 is 1.93 bits per heavy atom. The highest BCUT2D eigenvalue weighted by atomic mass is 35.5. The van der Waals surface area contributed by atoms with E-state index in [0.717, 1.165) is 15.7 Å². The average molecular weight is 434 g/mol. The molecule has 1 heterocycles. The lowest BCUT2D eigenvalue weighted by Crippen LogP contribution is -2.11. The van der Waals surface area contributed by atoms with E-state index in [9.17, 15) is 4.79 Å². The molecule has 0 bridgehead atoms. The van der Waals surface area contributed by atoms with Gasteiger partial charge in [0.25, 0.3) is 5.91 Å². The standard InChI is InChI=1S/C20H20ClN3O2S2/c1-13(2)12-27-20-24-23-19(28-20)22-18(25)14-7-9-16(10-8-14)26-11-15-5-3-4-6-17(15)21/h3-10,13H,11-12H2,1-2H3,(H,22,23,25). The van der Waals surface area contributed by atoms with Gasteiger partial charge < -0.3 is 4.74 Å². The minimum absolute atomic E-state index is 0.228. The van der Waals surface area contributed by atoms with E-state index in [1.807, 2.05) is 24.3 Å². The second-order valence-corrected chi connectivity index (χ2v) is 9.09. The van der Waals surface area contributed by atoms with Crippen molar-refractivity contribution in [3.8, 4) is 5.75 Å². The number of rotatable bonds is 8. The van der Waals surface area contributed by atoms with Crippen molar-refractivity contribution in [3.63, 3.8) is 0 Å². The van der Waals surface area contributed by atoms with Crippen LogP contribution in [0.1, 0.15) is 29.8 Å². The van der Waals surface area contributed by atoms with Gasteiger partial charge in [-0.3, -0.25) is 10.1 Å². The van der Waals surface area contributed by atoms with E-state index in [0.29, 0.717) is 34.0 Å². The minimum atomic E-state index is -0.228. The Morgan fingerprint density at radius 3 is 2.64 bits per heavy atom. The van der Waals surface area contributed by atoms with Crippen LogP contribution in [0.25, 0.3) is 0 Å². The maximum Gasteiger partial charge on any atom is 0.257 e. The predicted octanol–water partition coefficient (Wildman–Crippen LogP) is 5.77. The van der Waals surface area contributed by atoms with Gasteiger partial charge in [0.1, 0.15) is 12.4 Å². The first-order valence-electron chi connectivity index (χ1n) is 8.75. The number of thioether (sulfide) groups is 1. The molecule has 0 fully saturated rings. The summed E-state index contributed by atoms with van der Waals surface area (Å²) in [7, 11) is 0. The number of nitrogens with zero attached hydrogens (tertiary/aromatic N) is 2. The molecule has 0 unspecified atom stereocenters. The van der Waals surface area contributed by atoms with Gasteiger partial charge >= 0.3 is 0 Å². The third-order valence-electron chi connectivity index (χ3n) is 3.64. The molecule has 0 radical (unpaired) electrons. The van der Waals surface area contributed by atoms with Crippen molar-refractivity contribution in [3.05, 3.63) is 64.7 Å². The number of carbonyl (C=O) groups is 1. The first kappa shape index (κ1) is 20.6. The molecular weight excluding hydrogens is 414 g/mol. The largest absolute Gasteiger partial charge is 0.489 e. The van der Waals surface area contributed by atoms with Crippen LogP contribution in [0.2, 0.25) is 5.02 Å². The van der Waals surface area contributed by atoms with Crippen molar-refractivity contribution in [1.82, 2.24) is 10.2 Å². The monoisotopic (exact) mass is 433 g/mol. The van der Waals surface area contributed by atoms with Crippen molar-refractivity contribution in [2.45, 2.75) is 24.8 Å². The number of carbonyl (C=O) groups excluding carboxylic acids is 1. The molecule has 0 atom stereocenters. The van der Waals surface area contributed by atoms with Crippen LogP contribution in [-0.2, 0) is 6.61 Å². The summed E-state index contributed by atoms with van der Waals surface area (Å²) in [5, 5.41) is 12.1. The molecule has 1 amide bonds. The molecule has 0 aliphatic carbocycles. The van der Waals surface area contributed by atoms with Gasteiger partial charge in [-0.25, -0.2) is 0 Å². The molecule has 3 aromatic rings. The maximum absolute atomic E-state index is 12.4. The number of ether oxygens (including phenoxy) is 1. The summed E-state index contributed by atoms with van der Waals surface area (Å²) >= 11 is 9.15. The van der Waals surface area contributed by atoms with E-state index in [2.05, 4.69) is 29.4 Å². The second-order valence-electron chi connectivity index (χ2n) is 6.44. The lowest BCUT2D eigenvalue weighted by Gasteiger charge is -2.08. The maximum atomic E-state index is 12.4. The molecule has 0 saturated carbocycles. The smallest absolute Gasteiger partial charge is 0.257 e. The zero-order valence-corrected chi connectivity index (χ0v) is 17.9. The molecule has 2 aromatic carbocycles. The van der Waals surface area contributed by atoms with Crippen LogP contribution in [-0.4, -0.2) is 21.9 Å². The SMILES string of the molecule is CC(C)CSc1nnc(NC(=O)c2ccc(OCc3ccccc3Cl)cc2)s1. The van der Waals surface area contributed by atoms with Gasteiger partial charge in [0, 0.05) is 21.9 Å². The van der Waals surface area contributed by atoms with Crippen LogP contribution in [0.15, 0.2) is 52.9 Å². The molecule has 8 heteroatoms. The van der Waals surface area contributed by atoms with Gasteiger partial charge in [-0.1, -0.05) is 66.7 Å². The van der Waals surface area contributed by atoms with Crippen molar-refractivity contribution in [2.24, 2.45) is 5.92 Å². The summed E-state index contributed by atoms with van der Waals surface area (Å²) in [5.41, 5.74) is 1.44. The lowest BCUT2D eigenvalue weighted by molar-refractivity contribution is 0.102. The molecule has 0 aliphatic heterocycles. The third kappa shape index (κ3) is 5.95. The van der Waals surface area contributed by atoms with Gasteiger partial charge in [0.05, 0.1) is 0 Å². The number of halogens is 1. The molecule has 3 rings (SSSR count). The van der Waals surface area contributed by atoms with E-state index >= 15 is 0 Å². The molecule has 28 heavy (non-hydrogen) atoms. The van der Waals surface area contributed by atoms with Crippen LogP contribution >= 0.6 is 34.7 Å². The summed E-state index contributed by atoms with van der Waals surface area (Å²) in [4.78, 5) is 12.4. The number of hydrogen-bond acceptors (Lipinski definition) is 6. The molecule has 0 aliphatic rings. The van der Waals surface area contributed by atoms with Crippen molar-refractivity contribution >= 4 is 45.7 Å². The Balaban J connectivity index is 1.54. The zero-order valence-electron chi connectivity index (χ0n) is 15.5. The topological polar surface area (TPSA) is 64.1 Å². The fourth-order valence-electron chi connectivity index (χ4n) is 2.20. The van der Waals surface area contributed by atoms with Crippen LogP contribution in [0.3, 0.4) is 0 Å². The summed E-state index contributed by atoms with van der Waals surface area (Å²) in [6.45, 7) is 4.67. The average Bonchev–Trinajstić information content (AvgIpc) is 3.13. The number of hydrogen-bond donors (Lipinski definition) is 1. The fourth-order valence-corrected chi connectivity index (χ4v) is 4.12. The molecule has 0 spiro atoms. The van der Waals surface area contributed by atoms with E-state index < -0.39 is 0 Å². The highest BCUT2D eigenvalue weighted by molar-refractivity contribution is 8.01. The number of anilines is 1. The quantitative estimate of drug-likeness (QED) is 0.360. The number of benzene rings is 2. The van der Waals surface area contributed by atoms with Crippen molar-refractivity contribution in [2.75, 3.05) is 11.1 Å². The van der Waals surface area contributed by atoms with Crippen LogP contribution in [0.4, 0.5) is 5.13 Å². The Labute approximate surface area is 177 Å². The second kappa shape index (κ2) is 9.91. The first-order chi connectivity index (χ1) is 13.5. The normalized spacial score (nSPS) is 10.9. The van der Waals surface area contributed by atoms with Gasteiger partial charge in [-0.2, -0.15) is 0 Å². The van der Waals surface area contributed by atoms with E-state index in [4.69, 9.17) is 16.3 Å². The third-order valence-corrected chi connectivity index (χ3v) is 6.40. The van der Waals surface area contributed by atoms with Gasteiger partial charge in [-0.15, -0.1) is 10.2 Å². The molecule has 0 saturated heterocycles. The highest BCUT2D eigenvalue weighted by Crippen LogP contribution is 2.27. The number of nitrogens with one attached hydrogen (secondary N) is 1. The molecule has 1 aromatic heterocycles. The summed E-state index contributed by atoms with van der Waals surface area (Å²) in [6, 6.07) is 14.5. The summed E-state index contributed by atoms with van der Waals surface area (Å²) < 4.78 is 6.59. The van der Waals surface area contributed by atoms with Gasteiger partial charge in [-0.05, 0) is 36.2 Å². The van der Waals surface area contributed by atoms with E-state index in [-0.39, 0.29) is 5.91 Å². The van der Waals surface area contributed by atoms with E-state index in [1.165, 1.54) is 11.3 Å². The highest BCUT2D eigenvalue weighted by Gasteiger charge is 2.11. The Bertz CT molecular complexity index is 929. The molecule has 146 valence electrons. The lowest BCUT2D eigenvalue weighted by atomic mass is 10.2. The first-order valence-corrected chi connectivity index (χ1v) is 10.9. The summed E-state index contributed by atoms with van der Waals surface area (Å²) in [5.74, 6) is 1.98. The van der Waals surface area contributed by atoms with Crippen molar-refractivity contribution < 1.29 is 9.53 Å². The van der Waals surface area contributed by atoms with Crippen LogP contribution in [0, 0.1) is 5.92 Å². The molecule has 5 nitrogen and oxygen atoms in total. The van der Waals surface area contributed by atoms with Crippen LogP contribution in [0.5, 0.6) is 5.75 Å². The Hall–Kier alpha value is -2.09.